The van der Waals surface area contributed by atoms with Crippen LogP contribution in [-0.2, 0) is 4.79 Å². The van der Waals surface area contributed by atoms with Crippen LogP contribution in [0.3, 0.4) is 0 Å². The summed E-state index contributed by atoms with van der Waals surface area (Å²) in [5.74, 6) is 0.731. The first-order chi connectivity index (χ1) is 7.40. The molecule has 90 valence electrons. The second-order valence-electron chi connectivity index (χ2n) is 5.76. The van der Waals surface area contributed by atoms with Crippen LogP contribution in [0.25, 0.3) is 0 Å². The molecule has 4 heteroatoms. The van der Waals surface area contributed by atoms with E-state index in [0.717, 1.165) is 13.1 Å². The fourth-order valence-corrected chi connectivity index (χ4v) is 2.92. The average Bonchev–Trinajstić information content (AvgIpc) is 2.53. The Balaban J connectivity index is 1.99. The summed E-state index contributed by atoms with van der Waals surface area (Å²) in [5, 5.41) is 2.90. The van der Waals surface area contributed by atoms with Crippen LogP contribution in [0, 0.1) is 11.3 Å². The molecule has 0 bridgehead atoms. The Hall–Kier alpha value is -1.06. The highest BCUT2D eigenvalue weighted by Crippen LogP contribution is 2.46. The van der Waals surface area contributed by atoms with Gasteiger partial charge >= 0.3 is 6.03 Å². The lowest BCUT2D eigenvalue weighted by Gasteiger charge is -2.23. The molecule has 0 aromatic carbocycles. The first-order valence-electron chi connectivity index (χ1n) is 5.98. The molecule has 1 unspecified atom stereocenters. The molecule has 2 atom stereocenters. The number of carbonyl (C=O) groups is 2. The van der Waals surface area contributed by atoms with Gasteiger partial charge in [-0.2, -0.15) is 0 Å². The molecule has 2 amide bonds. The Kier molecular flexibility index (Phi) is 2.68. The topological polar surface area (TPSA) is 49.4 Å². The molecule has 1 saturated heterocycles. The Bertz CT molecular complexity index is 327. The summed E-state index contributed by atoms with van der Waals surface area (Å²) < 4.78 is 0. The van der Waals surface area contributed by atoms with Crippen molar-refractivity contribution < 1.29 is 9.59 Å². The normalized spacial score (nSPS) is 33.4. The van der Waals surface area contributed by atoms with Gasteiger partial charge in [0.25, 0.3) is 0 Å². The molecule has 0 radical (unpaired) electrons. The van der Waals surface area contributed by atoms with Crippen LogP contribution >= 0.6 is 0 Å². The van der Waals surface area contributed by atoms with E-state index >= 15 is 0 Å². The molecule has 1 aliphatic carbocycles. The number of rotatable bonds is 1. The van der Waals surface area contributed by atoms with E-state index in [-0.39, 0.29) is 17.5 Å². The number of nitrogens with one attached hydrogen (secondary N) is 1. The van der Waals surface area contributed by atoms with E-state index in [0.29, 0.717) is 24.5 Å². The van der Waals surface area contributed by atoms with Crippen LogP contribution in [0.15, 0.2) is 0 Å². The van der Waals surface area contributed by atoms with Gasteiger partial charge in [-0.3, -0.25) is 4.79 Å². The summed E-state index contributed by atoms with van der Waals surface area (Å²) in [4.78, 5) is 25.1. The van der Waals surface area contributed by atoms with Crippen LogP contribution in [0.1, 0.15) is 33.6 Å². The maximum absolute atomic E-state index is 11.8. The zero-order valence-electron chi connectivity index (χ0n) is 10.2. The number of amides is 2. The van der Waals surface area contributed by atoms with Gasteiger partial charge in [0.2, 0.25) is 0 Å². The van der Waals surface area contributed by atoms with E-state index < -0.39 is 0 Å². The van der Waals surface area contributed by atoms with Gasteiger partial charge in [0.15, 0.2) is 0 Å². The van der Waals surface area contributed by atoms with Crippen LogP contribution in [0.5, 0.6) is 0 Å². The first-order valence-corrected chi connectivity index (χ1v) is 5.98. The minimum absolute atomic E-state index is 0.0121. The van der Waals surface area contributed by atoms with E-state index in [2.05, 4.69) is 12.2 Å². The van der Waals surface area contributed by atoms with Gasteiger partial charge in [0.05, 0.1) is 0 Å². The molecule has 0 aromatic heterocycles. The van der Waals surface area contributed by atoms with Crippen LogP contribution in [-0.4, -0.2) is 35.8 Å². The van der Waals surface area contributed by atoms with E-state index in [1.165, 1.54) is 0 Å². The van der Waals surface area contributed by atoms with Crippen molar-refractivity contribution in [1.29, 1.82) is 0 Å². The SMILES string of the molecule is CC(C)NC(=O)N1CC2CC(=O)C[C@@]2(C)C1. The molecule has 2 fully saturated rings. The molecule has 0 spiro atoms. The number of ketones is 1. The van der Waals surface area contributed by atoms with E-state index in [1.807, 2.05) is 18.7 Å². The van der Waals surface area contributed by atoms with Crippen molar-refractivity contribution in [2.24, 2.45) is 11.3 Å². The largest absolute Gasteiger partial charge is 0.336 e. The Morgan fingerprint density at radius 1 is 1.56 bits per heavy atom. The first kappa shape index (κ1) is 11.4. The van der Waals surface area contributed by atoms with Crippen molar-refractivity contribution in [2.45, 2.75) is 39.7 Å². The smallest absolute Gasteiger partial charge is 0.317 e. The van der Waals surface area contributed by atoms with Gasteiger partial charge in [0, 0.05) is 32.0 Å². The second-order valence-corrected chi connectivity index (χ2v) is 5.76. The Morgan fingerprint density at radius 2 is 2.25 bits per heavy atom. The molecule has 16 heavy (non-hydrogen) atoms. The van der Waals surface area contributed by atoms with E-state index in [9.17, 15) is 9.59 Å². The monoisotopic (exact) mass is 224 g/mol. The number of urea groups is 1. The fraction of sp³-hybridized carbons (Fsp3) is 0.833. The number of hydrogen-bond acceptors (Lipinski definition) is 2. The molecule has 1 N–H and O–H groups in total. The highest BCUT2D eigenvalue weighted by Gasteiger charge is 2.50. The van der Waals surface area contributed by atoms with Crippen molar-refractivity contribution >= 4 is 11.8 Å². The minimum Gasteiger partial charge on any atom is -0.336 e. The quantitative estimate of drug-likeness (QED) is 0.732. The molecular weight excluding hydrogens is 204 g/mol. The van der Waals surface area contributed by atoms with Gasteiger partial charge < -0.3 is 10.2 Å². The third-order valence-electron chi connectivity index (χ3n) is 3.75. The lowest BCUT2D eigenvalue weighted by atomic mass is 9.83. The second kappa shape index (κ2) is 3.75. The molecule has 1 heterocycles. The maximum Gasteiger partial charge on any atom is 0.317 e. The molecular formula is C12H20N2O2. The molecule has 1 aliphatic heterocycles. The minimum atomic E-state index is 0.0121. The van der Waals surface area contributed by atoms with E-state index in [4.69, 9.17) is 0 Å². The molecule has 2 rings (SSSR count). The van der Waals surface area contributed by atoms with Crippen molar-refractivity contribution in [3.63, 3.8) is 0 Å². The summed E-state index contributed by atoms with van der Waals surface area (Å²) in [5.41, 5.74) is 0.0331. The summed E-state index contributed by atoms with van der Waals surface area (Å²) in [7, 11) is 0. The molecule has 2 aliphatic rings. The van der Waals surface area contributed by atoms with Crippen molar-refractivity contribution in [1.82, 2.24) is 10.2 Å². The number of Topliss-reactive ketones (excluding diaryl/α,β-unsaturated/α-hetero) is 1. The summed E-state index contributed by atoms with van der Waals surface area (Å²) in [6, 6.07) is 0.181. The fourth-order valence-electron chi connectivity index (χ4n) is 2.92. The van der Waals surface area contributed by atoms with Crippen LogP contribution < -0.4 is 5.32 Å². The lowest BCUT2D eigenvalue weighted by Crippen LogP contribution is -2.42. The van der Waals surface area contributed by atoms with Gasteiger partial charge in [-0.15, -0.1) is 0 Å². The van der Waals surface area contributed by atoms with Crippen molar-refractivity contribution in [2.75, 3.05) is 13.1 Å². The molecule has 1 saturated carbocycles. The number of hydrogen-bond donors (Lipinski definition) is 1. The van der Waals surface area contributed by atoms with Gasteiger partial charge in [-0.05, 0) is 25.2 Å². The Labute approximate surface area is 96.4 Å². The van der Waals surface area contributed by atoms with Gasteiger partial charge in [-0.25, -0.2) is 4.79 Å². The summed E-state index contributed by atoms with van der Waals surface area (Å²) in [6.45, 7) is 7.51. The zero-order valence-corrected chi connectivity index (χ0v) is 10.2. The highest BCUT2D eigenvalue weighted by molar-refractivity contribution is 5.83. The summed E-state index contributed by atoms with van der Waals surface area (Å²) >= 11 is 0. The van der Waals surface area contributed by atoms with Crippen LogP contribution in [0.4, 0.5) is 4.79 Å². The zero-order chi connectivity index (χ0) is 11.9. The third kappa shape index (κ3) is 1.93. The maximum atomic E-state index is 11.8. The molecule has 0 aromatic rings. The highest BCUT2D eigenvalue weighted by atomic mass is 16.2. The third-order valence-corrected chi connectivity index (χ3v) is 3.75. The van der Waals surface area contributed by atoms with Gasteiger partial charge in [0.1, 0.15) is 5.78 Å². The predicted octanol–water partition coefficient (Wildman–Crippen LogP) is 1.41. The lowest BCUT2D eigenvalue weighted by molar-refractivity contribution is -0.118. The van der Waals surface area contributed by atoms with Gasteiger partial charge in [-0.1, -0.05) is 6.92 Å². The standard InChI is InChI=1S/C12H20N2O2/c1-8(2)13-11(16)14-6-9-4-10(15)5-12(9,3)7-14/h8-9H,4-7H2,1-3H3,(H,13,16)/t9?,12-/m0/s1. The number of likely N-dealkylation sites (tertiary alicyclic amines) is 1. The Morgan fingerprint density at radius 3 is 2.81 bits per heavy atom. The number of carbonyl (C=O) groups excluding carboxylic acids is 2. The number of nitrogens with zero attached hydrogens (tertiary/aromatic N) is 1. The average molecular weight is 224 g/mol. The van der Waals surface area contributed by atoms with Crippen molar-refractivity contribution in [3.8, 4) is 0 Å². The summed E-state index contributed by atoms with van der Waals surface area (Å²) in [6.07, 6.45) is 1.30. The van der Waals surface area contributed by atoms with E-state index in [1.54, 1.807) is 0 Å². The van der Waals surface area contributed by atoms with Crippen LogP contribution in [0.2, 0.25) is 0 Å². The van der Waals surface area contributed by atoms with Crippen molar-refractivity contribution in [3.05, 3.63) is 0 Å². The predicted molar refractivity (Wildman–Crippen MR) is 61.1 cm³/mol. The molecule has 4 nitrogen and oxygen atoms in total. The number of fused-ring (bicyclic) bond motifs is 1.